The number of sulfone groups is 1. The summed E-state index contributed by atoms with van der Waals surface area (Å²) in [5.41, 5.74) is 3.78. The van der Waals surface area contributed by atoms with Crippen LogP contribution in [0.25, 0.3) is 33.9 Å². The zero-order chi connectivity index (χ0) is 20.6. The van der Waals surface area contributed by atoms with Gasteiger partial charge in [0.25, 0.3) is 0 Å². The van der Waals surface area contributed by atoms with Crippen LogP contribution >= 0.6 is 11.6 Å². The summed E-state index contributed by atoms with van der Waals surface area (Å²) in [4.78, 5) is 8.25. The number of aromatic amines is 1. The van der Waals surface area contributed by atoms with Crippen LogP contribution in [0.15, 0.2) is 77.7 Å². The quantitative estimate of drug-likeness (QED) is 0.461. The van der Waals surface area contributed by atoms with Crippen LogP contribution in [0, 0.1) is 5.82 Å². The molecule has 3 aromatic carbocycles. The lowest BCUT2D eigenvalue weighted by molar-refractivity contribution is 0.602. The van der Waals surface area contributed by atoms with Crippen LogP contribution in [0.4, 0.5) is 4.39 Å². The van der Waals surface area contributed by atoms with Gasteiger partial charge in [0, 0.05) is 28.0 Å². The Kier molecular flexibility index (Phi) is 4.98. The highest BCUT2D eigenvalue weighted by atomic mass is 35.5. The molecule has 0 bridgehead atoms. The lowest BCUT2D eigenvalue weighted by atomic mass is 10.1. The summed E-state index contributed by atoms with van der Waals surface area (Å²) >= 11 is 6.01. The number of nitrogens with zero attached hydrogens (tertiary/aromatic N) is 1. The van der Waals surface area contributed by atoms with E-state index in [9.17, 15) is 12.8 Å². The molecule has 0 aliphatic carbocycles. The highest BCUT2D eigenvalue weighted by Gasteiger charge is 2.16. The first-order chi connectivity index (χ1) is 13.8. The number of hydrogen-bond acceptors (Lipinski definition) is 3. The summed E-state index contributed by atoms with van der Waals surface area (Å²) in [6.07, 6.45) is 1.17. The molecular formula is C22H16ClFN2O2S. The van der Waals surface area contributed by atoms with Crippen LogP contribution in [0.5, 0.6) is 0 Å². The molecule has 4 nitrogen and oxygen atoms in total. The summed E-state index contributed by atoms with van der Waals surface area (Å²) in [6.45, 7) is 0. The van der Waals surface area contributed by atoms with Gasteiger partial charge in [-0.15, -0.1) is 0 Å². The molecule has 0 aliphatic heterocycles. The first kappa shape index (κ1) is 19.4. The summed E-state index contributed by atoms with van der Waals surface area (Å²) < 4.78 is 36.8. The molecule has 1 N–H and O–H groups in total. The molecule has 0 radical (unpaired) electrons. The monoisotopic (exact) mass is 426 g/mol. The second kappa shape index (κ2) is 7.46. The SMILES string of the molecule is CS(=O)(=O)c1ccc(-c2[nH]c(-c3ccc(F)cc3)nc2-c2ccc(Cl)cc2)cc1. The maximum atomic E-state index is 13.3. The molecule has 146 valence electrons. The van der Waals surface area contributed by atoms with Crippen LogP contribution in [-0.4, -0.2) is 24.6 Å². The van der Waals surface area contributed by atoms with Crippen molar-refractivity contribution >= 4 is 21.4 Å². The van der Waals surface area contributed by atoms with Crippen molar-refractivity contribution in [1.29, 1.82) is 0 Å². The lowest BCUT2D eigenvalue weighted by Gasteiger charge is -2.05. The van der Waals surface area contributed by atoms with Crippen molar-refractivity contribution in [1.82, 2.24) is 9.97 Å². The maximum absolute atomic E-state index is 13.3. The Morgan fingerprint density at radius 3 is 1.97 bits per heavy atom. The van der Waals surface area contributed by atoms with Gasteiger partial charge in [0.1, 0.15) is 11.6 Å². The zero-order valence-electron chi connectivity index (χ0n) is 15.4. The zero-order valence-corrected chi connectivity index (χ0v) is 16.9. The lowest BCUT2D eigenvalue weighted by Crippen LogP contribution is -1.96. The van der Waals surface area contributed by atoms with E-state index >= 15 is 0 Å². The summed E-state index contributed by atoms with van der Waals surface area (Å²) in [6, 6.07) is 19.9. The van der Waals surface area contributed by atoms with Crippen molar-refractivity contribution in [3.8, 4) is 33.9 Å². The van der Waals surface area contributed by atoms with Gasteiger partial charge in [-0.25, -0.2) is 17.8 Å². The molecule has 0 saturated carbocycles. The molecule has 4 rings (SSSR count). The normalized spacial score (nSPS) is 11.6. The number of imidazole rings is 1. The third-order valence-corrected chi connectivity index (χ3v) is 5.89. The Hall–Kier alpha value is -2.96. The van der Waals surface area contributed by atoms with Gasteiger partial charge in [0.2, 0.25) is 0 Å². The minimum atomic E-state index is -3.29. The van der Waals surface area contributed by atoms with Gasteiger partial charge in [0.15, 0.2) is 9.84 Å². The number of rotatable bonds is 4. The van der Waals surface area contributed by atoms with Gasteiger partial charge >= 0.3 is 0 Å². The second-order valence-corrected chi connectivity index (χ2v) is 9.07. The molecule has 0 amide bonds. The third kappa shape index (κ3) is 4.09. The predicted octanol–water partition coefficient (Wildman–Crippen LogP) is 5.61. The molecule has 1 heterocycles. The fraction of sp³-hybridized carbons (Fsp3) is 0.0455. The first-order valence-electron chi connectivity index (χ1n) is 8.73. The average Bonchev–Trinajstić information content (AvgIpc) is 3.14. The molecule has 0 atom stereocenters. The van der Waals surface area contributed by atoms with Crippen molar-refractivity contribution in [3.05, 3.63) is 83.6 Å². The highest BCUT2D eigenvalue weighted by Crippen LogP contribution is 2.34. The number of H-pyrrole nitrogens is 1. The van der Waals surface area contributed by atoms with E-state index in [2.05, 4.69) is 4.98 Å². The molecule has 0 fully saturated rings. The minimum absolute atomic E-state index is 0.243. The molecule has 0 unspecified atom stereocenters. The second-order valence-electron chi connectivity index (χ2n) is 6.62. The van der Waals surface area contributed by atoms with E-state index in [-0.39, 0.29) is 10.7 Å². The summed E-state index contributed by atoms with van der Waals surface area (Å²) in [5.74, 6) is 0.256. The van der Waals surface area contributed by atoms with Crippen molar-refractivity contribution in [2.75, 3.05) is 6.26 Å². The van der Waals surface area contributed by atoms with E-state index < -0.39 is 9.84 Å². The summed E-state index contributed by atoms with van der Waals surface area (Å²) in [7, 11) is -3.29. The largest absolute Gasteiger partial charge is 0.337 e. The Balaban J connectivity index is 1.86. The minimum Gasteiger partial charge on any atom is -0.337 e. The van der Waals surface area contributed by atoms with Crippen LogP contribution in [0.1, 0.15) is 0 Å². The van der Waals surface area contributed by atoms with Gasteiger partial charge in [-0.1, -0.05) is 35.9 Å². The molecule has 29 heavy (non-hydrogen) atoms. The molecule has 0 aliphatic rings. The van der Waals surface area contributed by atoms with Crippen LogP contribution in [0.3, 0.4) is 0 Å². The van der Waals surface area contributed by atoms with Crippen molar-refractivity contribution < 1.29 is 12.8 Å². The van der Waals surface area contributed by atoms with Crippen LogP contribution in [-0.2, 0) is 9.84 Å². The van der Waals surface area contributed by atoms with Crippen LogP contribution < -0.4 is 0 Å². The molecule has 4 aromatic rings. The van der Waals surface area contributed by atoms with Gasteiger partial charge in [-0.05, 0) is 48.5 Å². The van der Waals surface area contributed by atoms with Crippen LogP contribution in [0.2, 0.25) is 5.02 Å². The first-order valence-corrected chi connectivity index (χ1v) is 11.0. The Morgan fingerprint density at radius 1 is 0.828 bits per heavy atom. The topological polar surface area (TPSA) is 62.8 Å². The van der Waals surface area contributed by atoms with Gasteiger partial charge in [-0.2, -0.15) is 0 Å². The maximum Gasteiger partial charge on any atom is 0.175 e. The number of halogens is 2. The van der Waals surface area contributed by atoms with E-state index in [1.54, 1.807) is 48.5 Å². The molecule has 1 aromatic heterocycles. The average molecular weight is 427 g/mol. The van der Waals surface area contributed by atoms with E-state index in [0.717, 1.165) is 22.4 Å². The van der Waals surface area contributed by atoms with E-state index in [1.807, 2.05) is 12.1 Å². The standard InChI is InChI=1S/C22H16ClFN2O2S/c1-29(27,28)19-12-6-15(7-13-19)21-20(14-2-8-17(23)9-3-14)25-22(26-21)16-4-10-18(24)11-5-16/h2-13H,1H3,(H,25,26). The number of aromatic nitrogens is 2. The fourth-order valence-corrected chi connectivity index (χ4v) is 3.77. The molecular weight excluding hydrogens is 411 g/mol. The van der Waals surface area contributed by atoms with Gasteiger partial charge < -0.3 is 4.98 Å². The predicted molar refractivity (Wildman–Crippen MR) is 113 cm³/mol. The van der Waals surface area contributed by atoms with Crippen molar-refractivity contribution in [2.24, 2.45) is 0 Å². The highest BCUT2D eigenvalue weighted by molar-refractivity contribution is 7.90. The van der Waals surface area contributed by atoms with E-state index in [0.29, 0.717) is 16.5 Å². The van der Waals surface area contributed by atoms with E-state index in [4.69, 9.17) is 16.6 Å². The number of nitrogens with one attached hydrogen (secondary N) is 1. The number of hydrogen-bond donors (Lipinski definition) is 1. The number of benzene rings is 3. The molecule has 0 spiro atoms. The fourth-order valence-electron chi connectivity index (χ4n) is 3.01. The van der Waals surface area contributed by atoms with Gasteiger partial charge in [0.05, 0.1) is 16.3 Å². The Labute approximate surface area is 172 Å². The Morgan fingerprint density at radius 2 is 1.38 bits per heavy atom. The van der Waals surface area contributed by atoms with Gasteiger partial charge in [-0.3, -0.25) is 0 Å². The van der Waals surface area contributed by atoms with Crippen molar-refractivity contribution in [2.45, 2.75) is 4.90 Å². The Bertz CT molecular complexity index is 1260. The summed E-state index contributed by atoms with van der Waals surface area (Å²) in [5, 5.41) is 0.613. The molecule has 0 saturated heterocycles. The van der Waals surface area contributed by atoms with Crippen molar-refractivity contribution in [3.63, 3.8) is 0 Å². The smallest absolute Gasteiger partial charge is 0.175 e. The molecule has 7 heteroatoms. The van der Waals surface area contributed by atoms with E-state index in [1.165, 1.54) is 18.4 Å². The third-order valence-electron chi connectivity index (χ3n) is 4.51.